The molecule has 142 valence electrons. The van der Waals surface area contributed by atoms with E-state index in [2.05, 4.69) is 20.8 Å². The summed E-state index contributed by atoms with van der Waals surface area (Å²) in [6, 6.07) is 0. The SMILES string of the molecule is CC1(C)[C@H](O)C[C@@]23C(=CC(=O)C[C@@H]12)CC[C@@H]1[C@@H]3CC[C@]2(C)C(=O)CC[C@@H]12. The number of allylic oxidation sites excluding steroid dienone is 1. The van der Waals surface area contributed by atoms with Gasteiger partial charge in [0.2, 0.25) is 0 Å². The van der Waals surface area contributed by atoms with Crippen molar-refractivity contribution in [2.75, 3.05) is 0 Å². The zero-order chi connectivity index (χ0) is 18.5. The van der Waals surface area contributed by atoms with Crippen LogP contribution >= 0.6 is 0 Å². The van der Waals surface area contributed by atoms with E-state index in [9.17, 15) is 14.7 Å². The lowest BCUT2D eigenvalue weighted by Gasteiger charge is -2.59. The quantitative estimate of drug-likeness (QED) is 0.711. The maximum Gasteiger partial charge on any atom is 0.155 e. The second-order valence-electron chi connectivity index (χ2n) is 10.8. The number of carbonyl (C=O) groups is 2. The second-order valence-corrected chi connectivity index (χ2v) is 10.8. The zero-order valence-corrected chi connectivity index (χ0v) is 16.4. The van der Waals surface area contributed by atoms with Crippen LogP contribution in [-0.2, 0) is 9.59 Å². The van der Waals surface area contributed by atoms with E-state index >= 15 is 0 Å². The van der Waals surface area contributed by atoms with E-state index in [1.807, 2.05) is 6.08 Å². The van der Waals surface area contributed by atoms with Crippen LogP contribution in [-0.4, -0.2) is 22.8 Å². The third kappa shape index (κ3) is 1.84. The number of rotatable bonds is 0. The van der Waals surface area contributed by atoms with Crippen LogP contribution in [0.5, 0.6) is 0 Å². The Morgan fingerprint density at radius 1 is 1.04 bits per heavy atom. The van der Waals surface area contributed by atoms with E-state index in [1.54, 1.807) is 0 Å². The topological polar surface area (TPSA) is 54.4 Å². The van der Waals surface area contributed by atoms with Gasteiger partial charge in [0.15, 0.2) is 5.78 Å². The molecule has 5 rings (SSSR count). The Morgan fingerprint density at radius 3 is 2.58 bits per heavy atom. The standard InChI is InChI=1S/C23H32O3/c1-21(2)18-11-14(24)10-13-4-5-15-16-6-7-19(25)22(16,3)9-8-17(15)23(13,18)12-20(21)26/h10,15-18,20,26H,4-9,11-12H2,1-3H3/t15-,16-,17-,18-,20+,22-,23-/m0/s1. The molecule has 0 aromatic heterocycles. The third-order valence-corrected chi connectivity index (χ3v) is 9.80. The van der Waals surface area contributed by atoms with Gasteiger partial charge >= 0.3 is 0 Å². The summed E-state index contributed by atoms with van der Waals surface area (Å²) in [7, 11) is 0. The first-order valence-electron chi connectivity index (χ1n) is 10.7. The van der Waals surface area contributed by atoms with Gasteiger partial charge in [-0.25, -0.2) is 0 Å². The van der Waals surface area contributed by atoms with E-state index in [0.717, 1.165) is 44.9 Å². The summed E-state index contributed by atoms with van der Waals surface area (Å²) in [5.41, 5.74) is 1.04. The van der Waals surface area contributed by atoms with Crippen molar-refractivity contribution in [1.29, 1.82) is 0 Å². The van der Waals surface area contributed by atoms with Crippen LogP contribution in [0.25, 0.3) is 0 Å². The van der Waals surface area contributed by atoms with E-state index < -0.39 is 0 Å². The van der Waals surface area contributed by atoms with Crippen LogP contribution < -0.4 is 0 Å². The molecule has 0 aromatic rings. The van der Waals surface area contributed by atoms with Gasteiger partial charge in [0.25, 0.3) is 0 Å². The van der Waals surface area contributed by atoms with E-state index in [0.29, 0.717) is 30.0 Å². The lowest BCUT2D eigenvalue weighted by atomic mass is 9.44. The van der Waals surface area contributed by atoms with E-state index in [1.165, 1.54) is 5.57 Å². The molecule has 0 unspecified atom stereocenters. The fraction of sp³-hybridized carbons (Fsp3) is 0.826. The highest BCUT2D eigenvalue weighted by Crippen LogP contribution is 2.72. The molecule has 0 bridgehead atoms. The van der Waals surface area contributed by atoms with Crippen LogP contribution in [0, 0.1) is 39.9 Å². The molecule has 0 radical (unpaired) electrons. The number of aliphatic hydroxyl groups excluding tert-OH is 1. The van der Waals surface area contributed by atoms with Crippen LogP contribution in [0.1, 0.15) is 72.1 Å². The molecular weight excluding hydrogens is 324 g/mol. The summed E-state index contributed by atoms with van der Waals surface area (Å²) in [6.45, 7) is 6.56. The average molecular weight is 357 g/mol. The van der Waals surface area contributed by atoms with E-state index in [4.69, 9.17) is 0 Å². The molecule has 4 saturated carbocycles. The summed E-state index contributed by atoms with van der Waals surface area (Å²) < 4.78 is 0. The Hall–Kier alpha value is -0.960. The largest absolute Gasteiger partial charge is 0.393 e. The van der Waals surface area contributed by atoms with Crippen molar-refractivity contribution in [2.45, 2.75) is 78.2 Å². The molecule has 1 N–H and O–H groups in total. The highest BCUT2D eigenvalue weighted by atomic mass is 16.3. The first-order chi connectivity index (χ1) is 12.2. The Bertz CT molecular complexity index is 719. The highest BCUT2D eigenvalue weighted by Gasteiger charge is 2.68. The molecule has 0 amide bonds. The number of aliphatic hydroxyl groups is 1. The van der Waals surface area contributed by atoms with Crippen LogP contribution in [0.4, 0.5) is 0 Å². The predicted octanol–water partition coefficient (Wildman–Crippen LogP) is 4.08. The molecule has 26 heavy (non-hydrogen) atoms. The summed E-state index contributed by atoms with van der Waals surface area (Å²) in [5.74, 6) is 2.66. The third-order valence-electron chi connectivity index (χ3n) is 9.80. The average Bonchev–Trinajstić information content (AvgIpc) is 2.99. The number of hydrogen-bond donors (Lipinski definition) is 1. The highest BCUT2D eigenvalue weighted by molar-refractivity contribution is 5.92. The summed E-state index contributed by atoms with van der Waals surface area (Å²) in [4.78, 5) is 25.1. The van der Waals surface area contributed by atoms with Gasteiger partial charge in [0, 0.05) is 23.7 Å². The van der Waals surface area contributed by atoms with Crippen LogP contribution in [0.2, 0.25) is 0 Å². The van der Waals surface area contributed by atoms with Crippen molar-refractivity contribution < 1.29 is 14.7 Å². The molecule has 5 aliphatic rings. The van der Waals surface area contributed by atoms with Crippen molar-refractivity contribution >= 4 is 11.6 Å². The monoisotopic (exact) mass is 356 g/mol. The molecule has 0 saturated heterocycles. The molecular formula is C23H32O3. The lowest BCUT2D eigenvalue weighted by molar-refractivity contribution is -0.134. The minimum absolute atomic E-state index is 0.00666. The van der Waals surface area contributed by atoms with Gasteiger partial charge in [0.1, 0.15) is 5.78 Å². The van der Waals surface area contributed by atoms with Gasteiger partial charge in [-0.2, -0.15) is 0 Å². The van der Waals surface area contributed by atoms with E-state index in [-0.39, 0.29) is 34.1 Å². The first-order valence-corrected chi connectivity index (χ1v) is 10.7. The Labute approximate surface area is 156 Å². The molecule has 3 heteroatoms. The number of carbonyl (C=O) groups excluding carboxylic acids is 2. The van der Waals surface area contributed by atoms with Crippen LogP contribution in [0.3, 0.4) is 0 Å². The first kappa shape index (κ1) is 17.2. The molecule has 4 fully saturated rings. The Balaban J connectivity index is 1.62. The van der Waals surface area contributed by atoms with Crippen molar-refractivity contribution in [3.8, 4) is 0 Å². The minimum atomic E-state index is -0.334. The molecule has 0 aromatic carbocycles. The maximum absolute atomic E-state index is 12.6. The maximum atomic E-state index is 12.6. The smallest absolute Gasteiger partial charge is 0.155 e. The van der Waals surface area contributed by atoms with Gasteiger partial charge in [0.05, 0.1) is 6.10 Å². The molecule has 0 aliphatic heterocycles. The normalized spacial score (nSPS) is 52.0. The molecule has 0 heterocycles. The fourth-order valence-corrected chi connectivity index (χ4v) is 8.39. The molecule has 1 spiro atoms. The summed E-state index contributed by atoms with van der Waals surface area (Å²) in [6.07, 6.45) is 9.07. The van der Waals surface area contributed by atoms with Crippen molar-refractivity contribution in [3.63, 3.8) is 0 Å². The second kappa shape index (κ2) is 5.10. The Kier molecular flexibility index (Phi) is 3.36. The van der Waals surface area contributed by atoms with Gasteiger partial charge in [-0.15, -0.1) is 0 Å². The predicted molar refractivity (Wildman–Crippen MR) is 99.3 cm³/mol. The fourth-order valence-electron chi connectivity index (χ4n) is 8.39. The minimum Gasteiger partial charge on any atom is -0.393 e. The van der Waals surface area contributed by atoms with Gasteiger partial charge in [-0.05, 0) is 73.7 Å². The molecule has 5 aliphatic carbocycles. The number of ketones is 2. The van der Waals surface area contributed by atoms with Crippen molar-refractivity contribution in [2.24, 2.45) is 39.9 Å². The van der Waals surface area contributed by atoms with Crippen molar-refractivity contribution in [1.82, 2.24) is 0 Å². The molecule has 3 nitrogen and oxygen atoms in total. The summed E-state index contributed by atoms with van der Waals surface area (Å²) >= 11 is 0. The molecule has 7 atom stereocenters. The zero-order valence-electron chi connectivity index (χ0n) is 16.4. The number of Topliss-reactive ketones (excluding diaryl/α,β-unsaturated/α-hetero) is 1. The van der Waals surface area contributed by atoms with Gasteiger partial charge in [-0.3, -0.25) is 9.59 Å². The van der Waals surface area contributed by atoms with Crippen molar-refractivity contribution in [3.05, 3.63) is 11.6 Å². The van der Waals surface area contributed by atoms with Crippen LogP contribution in [0.15, 0.2) is 11.6 Å². The number of fused-ring (bicyclic) bond motifs is 3. The summed E-state index contributed by atoms with van der Waals surface area (Å²) in [5, 5.41) is 11.0. The van der Waals surface area contributed by atoms with Gasteiger partial charge in [-0.1, -0.05) is 26.3 Å². The Morgan fingerprint density at radius 2 is 1.81 bits per heavy atom. The lowest BCUT2D eigenvalue weighted by Crippen LogP contribution is -2.54. The van der Waals surface area contributed by atoms with Gasteiger partial charge < -0.3 is 5.11 Å². The number of hydrogen-bond acceptors (Lipinski definition) is 3.